The van der Waals surface area contributed by atoms with Crippen LogP contribution in [0.25, 0.3) is 10.9 Å². The van der Waals surface area contributed by atoms with E-state index >= 15 is 0 Å². The number of hydrogen-bond donors (Lipinski definition) is 2. The standard InChI is InChI=1S/C15H14F3N3O2/c16-15(17,18)12-7-11(6-9-2-1-4-19-13(9)12)20-10-3-5-21(8-10)14(22)23/h1-2,4,6-7,10,20H,3,5,8H2,(H,22,23)/t10-/m0/s1. The summed E-state index contributed by atoms with van der Waals surface area (Å²) in [4.78, 5) is 16.0. The van der Waals surface area contributed by atoms with Crippen LogP contribution in [0.3, 0.4) is 0 Å². The van der Waals surface area contributed by atoms with Gasteiger partial charge in [-0.15, -0.1) is 0 Å². The molecule has 0 radical (unpaired) electrons. The molecule has 1 aliphatic rings. The molecule has 2 N–H and O–H groups in total. The topological polar surface area (TPSA) is 65.5 Å². The summed E-state index contributed by atoms with van der Waals surface area (Å²) >= 11 is 0. The highest BCUT2D eigenvalue weighted by Gasteiger charge is 2.34. The van der Waals surface area contributed by atoms with Crippen LogP contribution < -0.4 is 5.32 Å². The van der Waals surface area contributed by atoms with Gasteiger partial charge in [-0.1, -0.05) is 6.07 Å². The maximum Gasteiger partial charge on any atom is 0.418 e. The number of alkyl halides is 3. The molecule has 1 aromatic carbocycles. The third-order valence-electron chi connectivity index (χ3n) is 3.84. The van der Waals surface area contributed by atoms with Crippen molar-refractivity contribution < 1.29 is 23.1 Å². The van der Waals surface area contributed by atoms with Gasteiger partial charge in [-0.25, -0.2) is 4.79 Å². The lowest BCUT2D eigenvalue weighted by Crippen LogP contribution is -2.30. The molecule has 0 bridgehead atoms. The fourth-order valence-electron chi connectivity index (χ4n) is 2.78. The molecule has 0 saturated carbocycles. The second kappa shape index (κ2) is 5.60. The summed E-state index contributed by atoms with van der Waals surface area (Å²) in [6.45, 7) is 0.621. The molecule has 8 heteroatoms. The van der Waals surface area contributed by atoms with Crippen molar-refractivity contribution in [2.45, 2.75) is 18.6 Å². The van der Waals surface area contributed by atoms with Crippen LogP contribution in [0.4, 0.5) is 23.7 Å². The zero-order valence-corrected chi connectivity index (χ0v) is 12.0. The Bertz CT molecular complexity index is 748. The highest BCUT2D eigenvalue weighted by Crippen LogP contribution is 2.36. The number of carboxylic acid groups (broad SMARTS) is 1. The number of hydrogen-bond acceptors (Lipinski definition) is 3. The number of nitrogens with zero attached hydrogens (tertiary/aromatic N) is 2. The third-order valence-corrected chi connectivity index (χ3v) is 3.84. The molecule has 0 unspecified atom stereocenters. The van der Waals surface area contributed by atoms with Crippen molar-refractivity contribution in [1.82, 2.24) is 9.88 Å². The van der Waals surface area contributed by atoms with Crippen molar-refractivity contribution in [2.75, 3.05) is 18.4 Å². The molecule has 1 amide bonds. The average Bonchev–Trinajstić information content (AvgIpc) is 2.94. The molecule has 3 rings (SSSR count). The maximum atomic E-state index is 13.2. The van der Waals surface area contributed by atoms with Crippen LogP contribution in [-0.2, 0) is 6.18 Å². The Morgan fingerprint density at radius 2 is 2.17 bits per heavy atom. The van der Waals surface area contributed by atoms with Crippen LogP contribution in [-0.4, -0.2) is 40.2 Å². The summed E-state index contributed by atoms with van der Waals surface area (Å²) in [5, 5.41) is 12.3. The Morgan fingerprint density at radius 3 is 2.83 bits per heavy atom. The zero-order chi connectivity index (χ0) is 16.6. The molecule has 122 valence electrons. The predicted octanol–water partition coefficient (Wildman–Crippen LogP) is 3.42. The van der Waals surface area contributed by atoms with Crippen molar-refractivity contribution in [3.8, 4) is 0 Å². The van der Waals surface area contributed by atoms with Crippen LogP contribution in [0.5, 0.6) is 0 Å². The number of halogens is 3. The first-order chi connectivity index (χ1) is 10.8. The van der Waals surface area contributed by atoms with Gasteiger partial charge in [-0.05, 0) is 24.6 Å². The predicted molar refractivity (Wildman–Crippen MR) is 78.4 cm³/mol. The first-order valence-corrected chi connectivity index (χ1v) is 7.05. The SMILES string of the molecule is O=C(O)N1CC[C@H](Nc2cc(C(F)(F)F)c3ncccc3c2)C1. The number of likely N-dealkylation sites (tertiary alicyclic amines) is 1. The molecule has 5 nitrogen and oxygen atoms in total. The van der Waals surface area contributed by atoms with Gasteiger partial charge >= 0.3 is 12.3 Å². The number of carbonyl (C=O) groups is 1. The number of pyridine rings is 1. The number of nitrogens with one attached hydrogen (secondary N) is 1. The first kappa shape index (κ1) is 15.4. The number of amides is 1. The number of fused-ring (bicyclic) bond motifs is 1. The minimum Gasteiger partial charge on any atom is -0.465 e. The van der Waals surface area contributed by atoms with Gasteiger partial charge in [0.05, 0.1) is 11.1 Å². The molecular formula is C15H14F3N3O2. The Balaban J connectivity index is 1.91. The summed E-state index contributed by atoms with van der Waals surface area (Å²) in [5.74, 6) is 0. The van der Waals surface area contributed by atoms with Crippen molar-refractivity contribution in [3.63, 3.8) is 0 Å². The van der Waals surface area contributed by atoms with Gasteiger partial charge in [0.25, 0.3) is 0 Å². The molecule has 0 aliphatic carbocycles. The van der Waals surface area contributed by atoms with E-state index in [9.17, 15) is 18.0 Å². The van der Waals surface area contributed by atoms with E-state index in [1.807, 2.05) is 0 Å². The summed E-state index contributed by atoms with van der Waals surface area (Å²) < 4.78 is 39.7. The van der Waals surface area contributed by atoms with E-state index in [0.29, 0.717) is 24.0 Å². The van der Waals surface area contributed by atoms with Crippen molar-refractivity contribution in [1.29, 1.82) is 0 Å². The molecule has 23 heavy (non-hydrogen) atoms. The molecule has 2 heterocycles. The normalized spacial score (nSPS) is 18.4. The van der Waals surface area contributed by atoms with Crippen LogP contribution >= 0.6 is 0 Å². The van der Waals surface area contributed by atoms with Gasteiger partial charge in [0, 0.05) is 36.4 Å². The van der Waals surface area contributed by atoms with Gasteiger partial charge in [-0.3, -0.25) is 4.98 Å². The summed E-state index contributed by atoms with van der Waals surface area (Å²) in [6, 6.07) is 5.57. The summed E-state index contributed by atoms with van der Waals surface area (Å²) in [7, 11) is 0. The Kier molecular flexibility index (Phi) is 3.75. The fourth-order valence-corrected chi connectivity index (χ4v) is 2.78. The van der Waals surface area contributed by atoms with Gasteiger partial charge < -0.3 is 15.3 Å². The van der Waals surface area contributed by atoms with Crippen LogP contribution in [0.1, 0.15) is 12.0 Å². The molecule has 1 aromatic heterocycles. The largest absolute Gasteiger partial charge is 0.465 e. The quantitative estimate of drug-likeness (QED) is 0.888. The Labute approximate surface area is 129 Å². The highest BCUT2D eigenvalue weighted by atomic mass is 19.4. The third kappa shape index (κ3) is 3.15. The van der Waals surface area contributed by atoms with E-state index in [0.717, 1.165) is 6.07 Å². The maximum absolute atomic E-state index is 13.2. The number of anilines is 1. The van der Waals surface area contributed by atoms with Crippen molar-refractivity contribution in [2.24, 2.45) is 0 Å². The van der Waals surface area contributed by atoms with E-state index in [2.05, 4.69) is 10.3 Å². The minimum absolute atomic E-state index is 0.0934. The van der Waals surface area contributed by atoms with E-state index in [-0.39, 0.29) is 18.1 Å². The van der Waals surface area contributed by atoms with Crippen molar-refractivity contribution in [3.05, 3.63) is 36.0 Å². The lowest BCUT2D eigenvalue weighted by atomic mass is 10.1. The lowest BCUT2D eigenvalue weighted by Gasteiger charge is -2.17. The molecule has 0 spiro atoms. The Hall–Kier alpha value is -2.51. The molecular weight excluding hydrogens is 311 g/mol. The molecule has 1 atom stereocenters. The van der Waals surface area contributed by atoms with Gasteiger partial charge in [0.1, 0.15) is 0 Å². The smallest absolute Gasteiger partial charge is 0.418 e. The number of benzene rings is 1. The van der Waals surface area contributed by atoms with Crippen LogP contribution in [0.15, 0.2) is 30.5 Å². The second-order valence-corrected chi connectivity index (χ2v) is 5.46. The monoisotopic (exact) mass is 325 g/mol. The van der Waals surface area contributed by atoms with Gasteiger partial charge in [0.2, 0.25) is 0 Å². The molecule has 1 saturated heterocycles. The van der Waals surface area contributed by atoms with Crippen LogP contribution in [0.2, 0.25) is 0 Å². The second-order valence-electron chi connectivity index (χ2n) is 5.46. The summed E-state index contributed by atoms with van der Waals surface area (Å²) in [6.07, 6.45) is -3.65. The van der Waals surface area contributed by atoms with E-state index in [1.165, 1.54) is 11.1 Å². The number of aromatic nitrogens is 1. The lowest BCUT2D eigenvalue weighted by molar-refractivity contribution is -0.136. The molecule has 1 aliphatic heterocycles. The van der Waals surface area contributed by atoms with Crippen molar-refractivity contribution >= 4 is 22.7 Å². The minimum atomic E-state index is -4.51. The Morgan fingerprint density at radius 1 is 1.39 bits per heavy atom. The number of rotatable bonds is 2. The zero-order valence-electron chi connectivity index (χ0n) is 12.0. The van der Waals surface area contributed by atoms with Crippen LogP contribution in [0, 0.1) is 0 Å². The van der Waals surface area contributed by atoms with E-state index < -0.39 is 17.8 Å². The fraction of sp³-hybridized carbons (Fsp3) is 0.333. The van der Waals surface area contributed by atoms with Gasteiger partial charge in [-0.2, -0.15) is 13.2 Å². The molecule has 1 fully saturated rings. The highest BCUT2D eigenvalue weighted by molar-refractivity contribution is 5.86. The van der Waals surface area contributed by atoms with Gasteiger partial charge in [0.15, 0.2) is 0 Å². The first-order valence-electron chi connectivity index (χ1n) is 7.05. The molecule has 2 aromatic rings. The van der Waals surface area contributed by atoms with E-state index in [4.69, 9.17) is 5.11 Å². The summed E-state index contributed by atoms with van der Waals surface area (Å²) in [5.41, 5.74) is -0.578. The average molecular weight is 325 g/mol. The van der Waals surface area contributed by atoms with E-state index in [1.54, 1.807) is 18.2 Å².